The van der Waals surface area contributed by atoms with Crippen molar-refractivity contribution >= 4 is 28.4 Å². The molecule has 10 nitrogen and oxygen atoms in total. The maximum absolute atomic E-state index is 14.4. The van der Waals surface area contributed by atoms with Crippen molar-refractivity contribution in [3.63, 3.8) is 0 Å². The van der Waals surface area contributed by atoms with Gasteiger partial charge >= 0.3 is 5.69 Å². The van der Waals surface area contributed by atoms with Crippen molar-refractivity contribution in [3.8, 4) is 0 Å². The number of aromatic nitrogens is 2. The maximum atomic E-state index is 14.4. The second-order valence-electron chi connectivity index (χ2n) is 5.64. The number of anilines is 1. The van der Waals surface area contributed by atoms with E-state index in [2.05, 4.69) is 20.3 Å². The van der Waals surface area contributed by atoms with Crippen molar-refractivity contribution in [2.24, 2.45) is 5.11 Å². The van der Waals surface area contributed by atoms with Gasteiger partial charge in [-0.2, -0.15) is 4.98 Å². The minimum Gasteiger partial charge on any atom is -0.393 e. The van der Waals surface area contributed by atoms with Crippen LogP contribution in [0.15, 0.2) is 16.1 Å². The fourth-order valence-electron chi connectivity index (χ4n) is 2.43. The molecule has 0 amide bonds. The molecule has 1 aliphatic heterocycles. The largest absolute Gasteiger partial charge is 0.393 e. The molecule has 1 aromatic heterocycles. The summed E-state index contributed by atoms with van der Waals surface area (Å²) in [5.74, 6) is 0.400. The molecule has 130 valence electrons. The zero-order valence-corrected chi connectivity index (χ0v) is 14.4. The molecule has 2 fully saturated rings. The van der Waals surface area contributed by atoms with E-state index in [0.29, 0.717) is 9.39 Å². The van der Waals surface area contributed by atoms with E-state index in [4.69, 9.17) is 10.3 Å². The molecule has 24 heavy (non-hydrogen) atoms. The van der Waals surface area contributed by atoms with E-state index in [-0.39, 0.29) is 6.04 Å². The lowest BCUT2D eigenvalue weighted by Crippen LogP contribution is -2.43. The highest BCUT2D eigenvalue weighted by atomic mass is 127. The number of hydrogen-bond donors (Lipinski definition) is 3. The summed E-state index contributed by atoms with van der Waals surface area (Å²) in [4.78, 5) is 18.5. The summed E-state index contributed by atoms with van der Waals surface area (Å²) in [5, 5.41) is 25.5. The smallest absolute Gasteiger partial charge is 0.351 e. The fourth-order valence-corrected chi connectivity index (χ4v) is 3.01. The molecule has 1 aliphatic carbocycles. The van der Waals surface area contributed by atoms with Gasteiger partial charge in [0.1, 0.15) is 11.9 Å². The third kappa shape index (κ3) is 2.95. The molecule has 0 unspecified atom stereocenters. The summed E-state index contributed by atoms with van der Waals surface area (Å²) < 4.78 is 21.1. The molecule has 4 atom stereocenters. The first-order chi connectivity index (χ1) is 11.4. The lowest BCUT2D eigenvalue weighted by molar-refractivity contribution is -0.124. The Labute approximate surface area is 148 Å². The lowest BCUT2D eigenvalue weighted by Gasteiger charge is -2.23. The SMILES string of the molecule is [N-]=[N+]=N[C@]1(CO)O[C@@H](n2cc(I)c(NC3CC3)nc2=O)[C@@H](F)[C@@H]1O. The molecular formula is C12H14FIN6O4. The number of nitrogens with one attached hydrogen (secondary N) is 1. The monoisotopic (exact) mass is 452 g/mol. The Morgan fingerprint density at radius 1 is 1.67 bits per heavy atom. The van der Waals surface area contributed by atoms with Gasteiger partial charge in [0, 0.05) is 17.2 Å². The molecule has 12 heteroatoms. The number of ether oxygens (including phenoxy) is 1. The second kappa shape index (κ2) is 6.44. The van der Waals surface area contributed by atoms with Gasteiger partial charge in [-0.25, -0.2) is 9.18 Å². The van der Waals surface area contributed by atoms with E-state index in [1.807, 2.05) is 22.6 Å². The van der Waals surface area contributed by atoms with Crippen LogP contribution in [0.2, 0.25) is 0 Å². The summed E-state index contributed by atoms with van der Waals surface area (Å²) in [6, 6.07) is 0.284. The maximum Gasteiger partial charge on any atom is 0.351 e. The van der Waals surface area contributed by atoms with Crippen LogP contribution in [0.4, 0.5) is 10.2 Å². The van der Waals surface area contributed by atoms with Crippen molar-refractivity contribution in [2.45, 2.75) is 43.1 Å². The number of aliphatic hydroxyl groups excluding tert-OH is 2. The zero-order valence-electron chi connectivity index (χ0n) is 12.2. The van der Waals surface area contributed by atoms with Crippen LogP contribution < -0.4 is 11.0 Å². The molecule has 1 saturated carbocycles. The summed E-state index contributed by atoms with van der Waals surface area (Å²) in [7, 11) is 0. The average Bonchev–Trinajstić information content (AvgIpc) is 3.34. The van der Waals surface area contributed by atoms with Gasteiger partial charge in [0.25, 0.3) is 0 Å². The third-order valence-electron chi connectivity index (χ3n) is 3.90. The minimum atomic E-state index is -2.19. The zero-order chi connectivity index (χ0) is 17.5. The van der Waals surface area contributed by atoms with Crippen molar-refractivity contribution in [2.75, 3.05) is 11.9 Å². The average molecular weight is 452 g/mol. The fraction of sp³-hybridized carbons (Fsp3) is 0.667. The molecule has 1 saturated heterocycles. The molecule has 0 bridgehead atoms. The molecule has 0 spiro atoms. The van der Waals surface area contributed by atoms with Gasteiger partial charge in [0.15, 0.2) is 12.4 Å². The Morgan fingerprint density at radius 2 is 2.38 bits per heavy atom. The van der Waals surface area contributed by atoms with Crippen LogP contribution in [0.25, 0.3) is 10.4 Å². The highest BCUT2D eigenvalue weighted by Gasteiger charge is 2.56. The number of rotatable bonds is 5. The first kappa shape index (κ1) is 17.4. The Kier molecular flexibility index (Phi) is 4.66. The summed E-state index contributed by atoms with van der Waals surface area (Å²) in [6.07, 6.45) is -2.24. The predicted octanol–water partition coefficient (Wildman–Crippen LogP) is 0.649. The molecular weight excluding hydrogens is 438 g/mol. The predicted molar refractivity (Wildman–Crippen MR) is 87.8 cm³/mol. The number of nitrogens with zero attached hydrogens (tertiary/aromatic N) is 5. The van der Waals surface area contributed by atoms with E-state index in [1.165, 1.54) is 6.20 Å². The summed E-state index contributed by atoms with van der Waals surface area (Å²) in [6.45, 7) is -0.935. The summed E-state index contributed by atoms with van der Waals surface area (Å²) >= 11 is 1.94. The van der Waals surface area contributed by atoms with Crippen LogP contribution in [0.5, 0.6) is 0 Å². The van der Waals surface area contributed by atoms with Crippen LogP contribution >= 0.6 is 22.6 Å². The van der Waals surface area contributed by atoms with Gasteiger partial charge in [-0.15, -0.1) is 0 Å². The van der Waals surface area contributed by atoms with E-state index in [0.717, 1.165) is 17.4 Å². The van der Waals surface area contributed by atoms with Crippen LogP contribution in [-0.4, -0.2) is 50.4 Å². The standard InChI is InChI=1S/C12H14FIN6O4/c13-7-8(22)12(4-21,18-19-15)24-10(7)20-3-6(14)9(17-11(20)23)16-5-1-2-5/h3,5,7-8,10,21-22H,1-2,4H2,(H,16,17,23)/t7-,8-,10+,12+/m0/s1. The first-order valence-corrected chi connectivity index (χ1v) is 8.22. The molecule has 2 aliphatic rings. The number of halogens is 2. The van der Waals surface area contributed by atoms with E-state index in [1.54, 1.807) is 0 Å². The molecule has 1 aromatic rings. The number of aliphatic hydroxyl groups is 2. The van der Waals surface area contributed by atoms with Crippen molar-refractivity contribution in [3.05, 3.63) is 30.7 Å². The Morgan fingerprint density at radius 3 is 2.96 bits per heavy atom. The van der Waals surface area contributed by atoms with Gasteiger partial charge in [-0.05, 0) is 41.0 Å². The van der Waals surface area contributed by atoms with E-state index < -0.39 is 36.5 Å². The van der Waals surface area contributed by atoms with Gasteiger partial charge in [0.2, 0.25) is 5.72 Å². The highest BCUT2D eigenvalue weighted by molar-refractivity contribution is 14.1. The summed E-state index contributed by atoms with van der Waals surface area (Å²) in [5.41, 5.74) is 5.58. The van der Waals surface area contributed by atoms with E-state index >= 15 is 0 Å². The van der Waals surface area contributed by atoms with Crippen LogP contribution in [0.1, 0.15) is 19.1 Å². The first-order valence-electron chi connectivity index (χ1n) is 7.14. The number of alkyl halides is 1. The van der Waals surface area contributed by atoms with Crippen LogP contribution in [0, 0.1) is 3.57 Å². The lowest BCUT2D eigenvalue weighted by atomic mass is 10.1. The van der Waals surface area contributed by atoms with Crippen LogP contribution in [0.3, 0.4) is 0 Å². The van der Waals surface area contributed by atoms with Gasteiger partial charge in [-0.3, -0.25) is 4.57 Å². The van der Waals surface area contributed by atoms with Crippen LogP contribution in [-0.2, 0) is 4.74 Å². The Bertz CT molecular complexity index is 752. The van der Waals surface area contributed by atoms with E-state index in [9.17, 15) is 19.4 Å². The second-order valence-corrected chi connectivity index (χ2v) is 6.80. The van der Waals surface area contributed by atoms with Crippen molar-refractivity contribution in [1.82, 2.24) is 9.55 Å². The quantitative estimate of drug-likeness (QED) is 0.259. The minimum absolute atomic E-state index is 0.284. The third-order valence-corrected chi connectivity index (χ3v) is 4.69. The molecule has 3 rings (SSSR count). The Balaban J connectivity index is 1.95. The Hall–Kier alpha value is -1.47. The normalized spacial score (nSPS) is 32.4. The number of hydrogen-bond acceptors (Lipinski definition) is 7. The highest BCUT2D eigenvalue weighted by Crippen LogP contribution is 2.39. The molecule has 2 heterocycles. The van der Waals surface area contributed by atoms with Gasteiger partial charge < -0.3 is 20.3 Å². The van der Waals surface area contributed by atoms with Gasteiger partial charge in [0.05, 0.1) is 10.2 Å². The van der Waals surface area contributed by atoms with Crippen molar-refractivity contribution in [1.29, 1.82) is 0 Å². The van der Waals surface area contributed by atoms with Gasteiger partial charge in [-0.1, -0.05) is 5.11 Å². The molecule has 0 radical (unpaired) electrons. The molecule has 3 N–H and O–H groups in total. The topological polar surface area (TPSA) is 145 Å². The van der Waals surface area contributed by atoms with Crippen molar-refractivity contribution < 1.29 is 19.3 Å². The number of azide groups is 1. The molecule has 0 aromatic carbocycles.